The zero-order valence-corrected chi connectivity index (χ0v) is 8.11. The number of hydrogen-bond donors (Lipinski definition) is 1. The van der Waals surface area contributed by atoms with Gasteiger partial charge in [-0.05, 0) is 24.6 Å². The maximum absolute atomic E-state index is 10.7. The van der Waals surface area contributed by atoms with Gasteiger partial charge in [0.1, 0.15) is 0 Å². The Hall–Kier alpha value is -1.62. The van der Waals surface area contributed by atoms with E-state index in [2.05, 4.69) is 0 Å². The maximum Gasteiger partial charge on any atom is 0.313 e. The van der Waals surface area contributed by atoms with Crippen LogP contribution in [0.3, 0.4) is 0 Å². The fraction of sp³-hybridized carbons (Fsp3) is 0.333. The summed E-state index contributed by atoms with van der Waals surface area (Å²) >= 11 is 0. The highest BCUT2D eigenvalue weighted by Gasteiger charge is 2.18. The second kappa shape index (κ2) is 4.06. The lowest BCUT2D eigenvalue weighted by Gasteiger charge is -2.06. The predicted molar refractivity (Wildman–Crippen MR) is 52.3 cm³/mol. The van der Waals surface area contributed by atoms with E-state index in [1.165, 1.54) is 7.11 Å². The number of benzene rings is 1. The summed E-state index contributed by atoms with van der Waals surface area (Å²) in [5.41, 5.74) is 6.84. The molecule has 0 aliphatic carbocycles. The van der Waals surface area contributed by atoms with Crippen LogP contribution in [0.4, 0.5) is 5.69 Å². The average molecular weight is 196 g/mol. The zero-order chi connectivity index (χ0) is 10.7. The third-order valence-electron chi connectivity index (χ3n) is 1.96. The molecule has 0 aromatic heterocycles. The molecule has 1 aromatic rings. The molecule has 0 atom stereocenters. The van der Waals surface area contributed by atoms with E-state index in [4.69, 9.17) is 10.5 Å². The summed E-state index contributed by atoms with van der Waals surface area (Å²) in [6.45, 7) is 2.01. The van der Waals surface area contributed by atoms with Crippen molar-refractivity contribution >= 4 is 5.69 Å². The highest BCUT2D eigenvalue weighted by atomic mass is 16.6. The molecule has 0 saturated heterocycles. The van der Waals surface area contributed by atoms with Gasteiger partial charge in [0.2, 0.25) is 0 Å². The predicted octanol–water partition coefficient (Wildman–Crippen LogP) is 1.37. The van der Waals surface area contributed by atoms with Gasteiger partial charge in [-0.3, -0.25) is 10.1 Å². The normalized spacial score (nSPS) is 9.93. The summed E-state index contributed by atoms with van der Waals surface area (Å²) in [6, 6.07) is 3.28. The Kier molecular flexibility index (Phi) is 3.03. The minimum Gasteiger partial charge on any atom is -0.490 e. The van der Waals surface area contributed by atoms with Gasteiger partial charge in [-0.15, -0.1) is 0 Å². The highest BCUT2D eigenvalue weighted by molar-refractivity contribution is 5.54. The minimum absolute atomic E-state index is 0.00435. The summed E-state index contributed by atoms with van der Waals surface area (Å²) in [7, 11) is 1.40. The van der Waals surface area contributed by atoms with Gasteiger partial charge in [0, 0.05) is 12.1 Å². The molecular weight excluding hydrogens is 184 g/mol. The summed E-state index contributed by atoms with van der Waals surface area (Å²) in [6.07, 6.45) is 0. The molecule has 0 saturated carbocycles. The summed E-state index contributed by atoms with van der Waals surface area (Å²) in [5.74, 6) is 0.260. The first-order valence-corrected chi connectivity index (χ1v) is 4.12. The van der Waals surface area contributed by atoms with Crippen LogP contribution in [0.25, 0.3) is 0 Å². The molecule has 76 valence electrons. The van der Waals surface area contributed by atoms with Crippen LogP contribution >= 0.6 is 0 Å². The third kappa shape index (κ3) is 1.82. The van der Waals surface area contributed by atoms with E-state index < -0.39 is 4.92 Å². The minimum atomic E-state index is -0.450. The molecule has 0 unspecified atom stereocenters. The van der Waals surface area contributed by atoms with Gasteiger partial charge in [0.15, 0.2) is 5.75 Å². The number of aryl methyl sites for hydroxylation is 1. The molecule has 1 aromatic carbocycles. The van der Waals surface area contributed by atoms with Crippen LogP contribution < -0.4 is 10.5 Å². The number of nitro benzene ring substituents is 1. The van der Waals surface area contributed by atoms with E-state index >= 15 is 0 Å². The van der Waals surface area contributed by atoms with Gasteiger partial charge in [0.25, 0.3) is 0 Å². The van der Waals surface area contributed by atoms with Crippen LogP contribution in [0.2, 0.25) is 0 Å². The number of rotatable bonds is 3. The van der Waals surface area contributed by atoms with E-state index in [-0.39, 0.29) is 11.4 Å². The van der Waals surface area contributed by atoms with Crippen molar-refractivity contribution in [1.82, 2.24) is 0 Å². The molecule has 1 rings (SSSR count). The quantitative estimate of drug-likeness (QED) is 0.585. The van der Waals surface area contributed by atoms with Crippen molar-refractivity contribution in [2.75, 3.05) is 7.11 Å². The average Bonchev–Trinajstić information content (AvgIpc) is 2.15. The van der Waals surface area contributed by atoms with Crippen molar-refractivity contribution in [2.45, 2.75) is 13.5 Å². The van der Waals surface area contributed by atoms with Crippen molar-refractivity contribution in [3.05, 3.63) is 33.4 Å². The summed E-state index contributed by atoms with van der Waals surface area (Å²) in [5, 5.41) is 10.7. The van der Waals surface area contributed by atoms with E-state index in [1.807, 2.05) is 0 Å². The van der Waals surface area contributed by atoms with E-state index in [0.29, 0.717) is 12.1 Å². The zero-order valence-electron chi connectivity index (χ0n) is 8.11. The van der Waals surface area contributed by atoms with Crippen molar-refractivity contribution in [3.63, 3.8) is 0 Å². The second-order valence-electron chi connectivity index (χ2n) is 2.92. The molecule has 0 aliphatic heterocycles. The molecule has 0 fully saturated rings. The Morgan fingerprint density at radius 1 is 1.57 bits per heavy atom. The van der Waals surface area contributed by atoms with Crippen molar-refractivity contribution in [2.24, 2.45) is 5.73 Å². The molecule has 0 spiro atoms. The Morgan fingerprint density at radius 3 is 2.64 bits per heavy atom. The number of methoxy groups -OCH3 is 1. The maximum atomic E-state index is 10.7. The Balaban J connectivity index is 3.34. The number of nitro groups is 1. The van der Waals surface area contributed by atoms with Crippen LogP contribution in [-0.4, -0.2) is 12.0 Å². The third-order valence-corrected chi connectivity index (χ3v) is 1.96. The van der Waals surface area contributed by atoms with Gasteiger partial charge in [0.05, 0.1) is 12.0 Å². The van der Waals surface area contributed by atoms with Gasteiger partial charge in [-0.25, -0.2) is 0 Å². The SMILES string of the molecule is COc1cc(CN)cc(C)c1[N+](=O)[O-]. The molecule has 5 nitrogen and oxygen atoms in total. The van der Waals surface area contributed by atoms with E-state index in [9.17, 15) is 10.1 Å². The number of hydrogen-bond acceptors (Lipinski definition) is 4. The smallest absolute Gasteiger partial charge is 0.313 e. The van der Waals surface area contributed by atoms with E-state index in [1.54, 1.807) is 19.1 Å². The fourth-order valence-electron chi connectivity index (χ4n) is 1.33. The van der Waals surface area contributed by atoms with Gasteiger partial charge in [-0.2, -0.15) is 0 Å². The van der Waals surface area contributed by atoms with Crippen LogP contribution in [-0.2, 0) is 6.54 Å². The molecule has 5 heteroatoms. The Morgan fingerprint density at radius 2 is 2.21 bits per heavy atom. The van der Waals surface area contributed by atoms with Crippen LogP contribution in [0, 0.1) is 17.0 Å². The standard InChI is InChI=1S/C9H12N2O3/c1-6-3-7(5-10)4-8(14-2)9(6)11(12)13/h3-4H,5,10H2,1-2H3. The molecule has 14 heavy (non-hydrogen) atoms. The summed E-state index contributed by atoms with van der Waals surface area (Å²) in [4.78, 5) is 10.2. The first-order valence-electron chi connectivity index (χ1n) is 4.12. The molecule has 2 N–H and O–H groups in total. The summed E-state index contributed by atoms with van der Waals surface area (Å²) < 4.78 is 4.93. The number of nitrogens with two attached hydrogens (primary N) is 1. The monoisotopic (exact) mass is 196 g/mol. The number of nitrogens with zero attached hydrogens (tertiary/aromatic N) is 1. The lowest BCUT2D eigenvalue weighted by molar-refractivity contribution is -0.386. The topological polar surface area (TPSA) is 78.4 Å². The molecule has 0 radical (unpaired) electrons. The van der Waals surface area contributed by atoms with Gasteiger partial charge in [-0.1, -0.05) is 0 Å². The molecule has 0 bridgehead atoms. The lowest BCUT2D eigenvalue weighted by atomic mass is 10.1. The Labute approximate surface area is 81.6 Å². The fourth-order valence-corrected chi connectivity index (χ4v) is 1.33. The largest absolute Gasteiger partial charge is 0.490 e. The molecule has 0 aliphatic rings. The number of ether oxygens (including phenoxy) is 1. The van der Waals surface area contributed by atoms with Crippen LogP contribution in [0.1, 0.15) is 11.1 Å². The van der Waals surface area contributed by atoms with Crippen molar-refractivity contribution in [1.29, 1.82) is 0 Å². The van der Waals surface area contributed by atoms with Crippen molar-refractivity contribution < 1.29 is 9.66 Å². The van der Waals surface area contributed by atoms with E-state index in [0.717, 1.165) is 5.56 Å². The first-order chi connectivity index (χ1) is 6.60. The lowest BCUT2D eigenvalue weighted by Crippen LogP contribution is -2.01. The second-order valence-corrected chi connectivity index (χ2v) is 2.92. The van der Waals surface area contributed by atoms with Crippen LogP contribution in [0.15, 0.2) is 12.1 Å². The highest BCUT2D eigenvalue weighted by Crippen LogP contribution is 2.31. The first kappa shape index (κ1) is 10.5. The van der Waals surface area contributed by atoms with Gasteiger partial charge < -0.3 is 10.5 Å². The van der Waals surface area contributed by atoms with Crippen molar-refractivity contribution in [3.8, 4) is 5.75 Å². The molecular formula is C9H12N2O3. The molecule has 0 amide bonds. The van der Waals surface area contributed by atoms with Gasteiger partial charge >= 0.3 is 5.69 Å². The Bertz CT molecular complexity index is 363. The molecule has 0 heterocycles. The van der Waals surface area contributed by atoms with Crippen LogP contribution in [0.5, 0.6) is 5.75 Å².